The molecule has 19 heavy (non-hydrogen) atoms. The fourth-order valence-electron chi connectivity index (χ4n) is 2.60. The average Bonchev–Trinajstić information content (AvgIpc) is 2.33. The maximum absolute atomic E-state index is 11.0. The molecule has 2 unspecified atom stereocenters. The Hall–Kier alpha value is -1.62. The molecule has 5 nitrogen and oxygen atoms in total. The second kappa shape index (κ2) is 4.81. The molecule has 104 valence electrons. The molecule has 0 heterocycles. The zero-order valence-electron chi connectivity index (χ0n) is 11.8. The van der Waals surface area contributed by atoms with Crippen LogP contribution in [0.2, 0.25) is 0 Å². The Morgan fingerprint density at radius 2 is 2.16 bits per heavy atom. The smallest absolute Gasteiger partial charge is 0.310 e. The highest BCUT2D eigenvalue weighted by Gasteiger charge is 2.49. The lowest BCUT2D eigenvalue weighted by molar-refractivity contribution is -0.386. The van der Waals surface area contributed by atoms with E-state index < -0.39 is 4.92 Å². The molecule has 1 aromatic rings. The number of aryl methyl sites for hydroxylation is 1. The number of nitro benzene ring substituents is 1. The summed E-state index contributed by atoms with van der Waals surface area (Å²) < 4.78 is 5.89. The van der Waals surface area contributed by atoms with E-state index in [1.54, 1.807) is 12.1 Å². The normalized spacial score (nSPS) is 24.6. The van der Waals surface area contributed by atoms with Gasteiger partial charge in [0.25, 0.3) is 0 Å². The quantitative estimate of drug-likeness (QED) is 0.670. The summed E-state index contributed by atoms with van der Waals surface area (Å²) in [6.07, 6.45) is 0.875. The van der Waals surface area contributed by atoms with Crippen molar-refractivity contribution in [3.63, 3.8) is 0 Å². The van der Waals surface area contributed by atoms with Gasteiger partial charge in [-0.15, -0.1) is 0 Å². The Kier molecular flexibility index (Phi) is 3.49. The van der Waals surface area contributed by atoms with Crippen molar-refractivity contribution in [3.8, 4) is 5.75 Å². The lowest BCUT2D eigenvalue weighted by Crippen LogP contribution is -2.61. The number of rotatable bonds is 4. The molecular formula is C14H20N2O3. The van der Waals surface area contributed by atoms with Crippen molar-refractivity contribution in [2.24, 2.45) is 5.41 Å². The molecule has 1 aliphatic rings. The van der Waals surface area contributed by atoms with E-state index >= 15 is 0 Å². The third-order valence-electron chi connectivity index (χ3n) is 4.11. The molecule has 0 radical (unpaired) electrons. The topological polar surface area (TPSA) is 64.4 Å². The Balaban J connectivity index is 2.21. The lowest BCUT2D eigenvalue weighted by atomic mass is 9.64. The van der Waals surface area contributed by atoms with E-state index in [0.717, 1.165) is 12.0 Å². The molecule has 0 aliphatic heterocycles. The van der Waals surface area contributed by atoms with Crippen molar-refractivity contribution in [1.82, 2.24) is 5.32 Å². The van der Waals surface area contributed by atoms with Gasteiger partial charge in [0, 0.05) is 23.9 Å². The van der Waals surface area contributed by atoms with Crippen LogP contribution in [-0.4, -0.2) is 24.1 Å². The number of hydrogen-bond donors (Lipinski definition) is 1. The average molecular weight is 264 g/mol. The van der Waals surface area contributed by atoms with Crippen LogP contribution >= 0.6 is 0 Å². The first-order chi connectivity index (χ1) is 8.86. The highest BCUT2D eigenvalue weighted by atomic mass is 16.6. The number of nitrogens with one attached hydrogen (secondary N) is 1. The molecule has 1 aliphatic carbocycles. The molecule has 5 heteroatoms. The van der Waals surface area contributed by atoms with Crippen LogP contribution in [0.5, 0.6) is 5.75 Å². The van der Waals surface area contributed by atoms with E-state index in [0.29, 0.717) is 11.8 Å². The van der Waals surface area contributed by atoms with Crippen LogP contribution in [-0.2, 0) is 0 Å². The van der Waals surface area contributed by atoms with Gasteiger partial charge in [-0.3, -0.25) is 10.1 Å². The monoisotopic (exact) mass is 264 g/mol. The molecule has 0 saturated heterocycles. The van der Waals surface area contributed by atoms with Gasteiger partial charge >= 0.3 is 5.69 Å². The van der Waals surface area contributed by atoms with Crippen molar-refractivity contribution in [2.75, 3.05) is 7.05 Å². The van der Waals surface area contributed by atoms with Crippen LogP contribution < -0.4 is 10.1 Å². The van der Waals surface area contributed by atoms with Crippen LogP contribution in [0.15, 0.2) is 18.2 Å². The van der Waals surface area contributed by atoms with Crippen molar-refractivity contribution in [2.45, 2.75) is 39.3 Å². The van der Waals surface area contributed by atoms with Gasteiger partial charge in [-0.1, -0.05) is 19.9 Å². The fraction of sp³-hybridized carbons (Fsp3) is 0.571. The summed E-state index contributed by atoms with van der Waals surface area (Å²) in [5.41, 5.74) is 0.976. The van der Waals surface area contributed by atoms with Crippen molar-refractivity contribution < 1.29 is 9.66 Å². The number of hydrogen-bond acceptors (Lipinski definition) is 4. The molecule has 2 rings (SSSR count). The molecule has 1 fully saturated rings. The van der Waals surface area contributed by atoms with Gasteiger partial charge in [-0.25, -0.2) is 0 Å². The van der Waals surface area contributed by atoms with Crippen molar-refractivity contribution in [1.29, 1.82) is 0 Å². The predicted molar refractivity (Wildman–Crippen MR) is 73.5 cm³/mol. The third-order valence-corrected chi connectivity index (χ3v) is 4.11. The summed E-state index contributed by atoms with van der Waals surface area (Å²) in [5.74, 6) is 0.373. The second-order valence-corrected chi connectivity index (χ2v) is 5.73. The van der Waals surface area contributed by atoms with Crippen LogP contribution in [0.4, 0.5) is 5.69 Å². The summed E-state index contributed by atoms with van der Waals surface area (Å²) in [5, 5.41) is 14.3. The van der Waals surface area contributed by atoms with Gasteiger partial charge in [0.05, 0.1) is 4.92 Å². The van der Waals surface area contributed by atoms with E-state index in [-0.39, 0.29) is 17.2 Å². The van der Waals surface area contributed by atoms with Gasteiger partial charge in [-0.2, -0.15) is 0 Å². The van der Waals surface area contributed by atoms with Crippen LogP contribution in [0.25, 0.3) is 0 Å². The maximum Gasteiger partial charge on any atom is 0.310 e. The minimum atomic E-state index is -0.393. The first-order valence-electron chi connectivity index (χ1n) is 6.45. The van der Waals surface area contributed by atoms with Gasteiger partial charge in [0.1, 0.15) is 6.10 Å². The van der Waals surface area contributed by atoms with Gasteiger partial charge in [0.2, 0.25) is 0 Å². The SMILES string of the molecule is CNC1CC(Oc2cc(C)ccc2[N+](=O)[O-])C1(C)C. The van der Waals surface area contributed by atoms with Crippen molar-refractivity contribution in [3.05, 3.63) is 33.9 Å². The molecule has 1 saturated carbocycles. The first-order valence-corrected chi connectivity index (χ1v) is 6.45. The molecule has 1 N–H and O–H groups in total. The second-order valence-electron chi connectivity index (χ2n) is 5.73. The van der Waals surface area contributed by atoms with Crippen LogP contribution in [0, 0.1) is 22.5 Å². The van der Waals surface area contributed by atoms with E-state index in [1.807, 2.05) is 14.0 Å². The van der Waals surface area contributed by atoms with Crippen LogP contribution in [0.3, 0.4) is 0 Å². The Morgan fingerprint density at radius 1 is 1.47 bits per heavy atom. The lowest BCUT2D eigenvalue weighted by Gasteiger charge is -2.51. The molecule has 0 spiro atoms. The number of ether oxygens (including phenoxy) is 1. The minimum absolute atomic E-state index is 0.00505. The number of nitro groups is 1. The Morgan fingerprint density at radius 3 is 2.68 bits per heavy atom. The van der Waals surface area contributed by atoms with Crippen LogP contribution in [0.1, 0.15) is 25.8 Å². The third kappa shape index (κ3) is 2.42. The molecule has 0 bridgehead atoms. The van der Waals surface area contributed by atoms with Crippen molar-refractivity contribution >= 4 is 5.69 Å². The summed E-state index contributed by atoms with van der Waals surface area (Å²) in [7, 11) is 1.93. The zero-order chi connectivity index (χ0) is 14.2. The van der Waals surface area contributed by atoms with E-state index in [9.17, 15) is 10.1 Å². The molecule has 2 atom stereocenters. The largest absolute Gasteiger partial charge is 0.483 e. The number of benzene rings is 1. The Labute approximate surface area is 113 Å². The molecular weight excluding hydrogens is 244 g/mol. The minimum Gasteiger partial charge on any atom is -0.483 e. The summed E-state index contributed by atoms with van der Waals surface area (Å²) in [6.45, 7) is 6.13. The highest BCUT2D eigenvalue weighted by molar-refractivity contribution is 5.48. The van der Waals surface area contributed by atoms with E-state index in [4.69, 9.17) is 4.74 Å². The summed E-state index contributed by atoms with van der Waals surface area (Å²) in [4.78, 5) is 10.6. The number of nitrogens with zero attached hydrogens (tertiary/aromatic N) is 1. The van der Waals surface area contributed by atoms with Gasteiger partial charge < -0.3 is 10.1 Å². The zero-order valence-corrected chi connectivity index (χ0v) is 11.8. The maximum atomic E-state index is 11.0. The molecule has 1 aromatic carbocycles. The summed E-state index contributed by atoms with van der Waals surface area (Å²) in [6, 6.07) is 5.36. The highest BCUT2D eigenvalue weighted by Crippen LogP contribution is 2.44. The Bertz CT molecular complexity index is 499. The molecule has 0 amide bonds. The molecule has 0 aromatic heterocycles. The summed E-state index contributed by atoms with van der Waals surface area (Å²) >= 11 is 0. The standard InChI is InChI=1S/C14H20N2O3/c1-9-5-6-10(16(17)18)11(7-9)19-13-8-12(15-4)14(13,2)3/h5-7,12-13,15H,8H2,1-4H3. The fourth-order valence-corrected chi connectivity index (χ4v) is 2.60. The van der Waals surface area contributed by atoms with Gasteiger partial charge in [-0.05, 0) is 25.6 Å². The van der Waals surface area contributed by atoms with E-state index in [2.05, 4.69) is 19.2 Å². The van der Waals surface area contributed by atoms with E-state index in [1.165, 1.54) is 6.07 Å². The first kappa shape index (κ1) is 13.8. The van der Waals surface area contributed by atoms with Gasteiger partial charge in [0.15, 0.2) is 5.75 Å². The predicted octanol–water partition coefficient (Wildman–Crippen LogP) is 2.67.